The van der Waals surface area contributed by atoms with E-state index in [2.05, 4.69) is 27.3 Å². The fourth-order valence-electron chi connectivity index (χ4n) is 2.35. The van der Waals surface area contributed by atoms with Crippen molar-refractivity contribution in [2.24, 2.45) is 10.7 Å². The van der Waals surface area contributed by atoms with Gasteiger partial charge in [0.2, 0.25) is 0 Å². The molecule has 1 amide bonds. The van der Waals surface area contributed by atoms with Gasteiger partial charge in [-0.3, -0.25) is 4.79 Å². The standard InChI is InChI=1S/C20H23F3N4O2/c1-2-3-12-25-18(28)15-6-4-14(5-7-15)13-26-19(24)27-16-8-10-17(11-9-16)29-20(21,22)23/h4-11H,2-3,12-13H2,1H3,(H,25,28)(H3,24,26,27). The average molecular weight is 408 g/mol. The van der Waals surface area contributed by atoms with Crippen molar-refractivity contribution in [1.29, 1.82) is 0 Å². The number of guanidine groups is 1. The smallest absolute Gasteiger partial charge is 0.406 e. The molecular formula is C20H23F3N4O2. The second-order valence-electron chi connectivity index (χ2n) is 6.21. The van der Waals surface area contributed by atoms with E-state index in [-0.39, 0.29) is 24.2 Å². The maximum Gasteiger partial charge on any atom is 0.573 e. The molecule has 0 aliphatic rings. The van der Waals surface area contributed by atoms with Gasteiger partial charge in [0.1, 0.15) is 5.75 Å². The maximum absolute atomic E-state index is 12.2. The van der Waals surface area contributed by atoms with Gasteiger partial charge in [0.15, 0.2) is 5.96 Å². The molecule has 2 aromatic rings. The first-order valence-electron chi connectivity index (χ1n) is 9.06. The van der Waals surface area contributed by atoms with E-state index in [0.717, 1.165) is 18.4 Å². The van der Waals surface area contributed by atoms with E-state index in [4.69, 9.17) is 5.73 Å². The highest BCUT2D eigenvalue weighted by Crippen LogP contribution is 2.23. The van der Waals surface area contributed by atoms with Crippen LogP contribution < -0.4 is 21.1 Å². The normalized spacial score (nSPS) is 11.8. The Bertz CT molecular complexity index is 819. The van der Waals surface area contributed by atoms with Gasteiger partial charge in [-0.25, -0.2) is 4.99 Å². The number of amides is 1. The molecule has 29 heavy (non-hydrogen) atoms. The summed E-state index contributed by atoms with van der Waals surface area (Å²) in [6.45, 7) is 2.98. The van der Waals surface area contributed by atoms with Crippen LogP contribution >= 0.6 is 0 Å². The zero-order valence-corrected chi connectivity index (χ0v) is 15.9. The molecule has 0 heterocycles. The Morgan fingerprint density at radius 1 is 1.10 bits per heavy atom. The van der Waals surface area contributed by atoms with Crippen LogP contribution in [0.5, 0.6) is 5.75 Å². The highest BCUT2D eigenvalue weighted by atomic mass is 19.4. The second kappa shape index (κ2) is 10.4. The molecule has 0 aromatic heterocycles. The maximum atomic E-state index is 12.2. The van der Waals surface area contributed by atoms with E-state index >= 15 is 0 Å². The summed E-state index contributed by atoms with van der Waals surface area (Å²) < 4.78 is 40.3. The Hall–Kier alpha value is -3.23. The second-order valence-corrected chi connectivity index (χ2v) is 6.21. The van der Waals surface area contributed by atoms with Crippen LogP contribution in [0.25, 0.3) is 0 Å². The van der Waals surface area contributed by atoms with Crippen LogP contribution in [0.2, 0.25) is 0 Å². The number of benzene rings is 2. The number of nitrogens with two attached hydrogens (primary N) is 1. The van der Waals surface area contributed by atoms with Gasteiger partial charge < -0.3 is 21.1 Å². The molecule has 0 atom stereocenters. The SMILES string of the molecule is CCCCNC(=O)c1ccc(CN=C(N)Nc2ccc(OC(F)(F)F)cc2)cc1. The average Bonchev–Trinajstić information content (AvgIpc) is 2.67. The van der Waals surface area contributed by atoms with Crippen molar-refractivity contribution in [1.82, 2.24) is 5.32 Å². The predicted octanol–water partition coefficient (Wildman–Crippen LogP) is 4.04. The minimum atomic E-state index is -4.73. The highest BCUT2D eigenvalue weighted by molar-refractivity contribution is 5.94. The van der Waals surface area contributed by atoms with E-state index in [1.54, 1.807) is 24.3 Å². The number of halogens is 3. The summed E-state index contributed by atoms with van der Waals surface area (Å²) in [5, 5.41) is 5.63. The molecule has 4 N–H and O–H groups in total. The van der Waals surface area contributed by atoms with Gasteiger partial charge in [-0.05, 0) is 48.4 Å². The zero-order chi connectivity index (χ0) is 21.3. The molecule has 0 radical (unpaired) electrons. The molecule has 6 nitrogen and oxygen atoms in total. The topological polar surface area (TPSA) is 88.7 Å². The van der Waals surface area contributed by atoms with Crippen molar-refractivity contribution >= 4 is 17.6 Å². The van der Waals surface area contributed by atoms with Gasteiger partial charge in [-0.2, -0.15) is 0 Å². The van der Waals surface area contributed by atoms with Gasteiger partial charge in [0.25, 0.3) is 5.91 Å². The van der Waals surface area contributed by atoms with Gasteiger partial charge in [-0.15, -0.1) is 13.2 Å². The van der Waals surface area contributed by atoms with E-state index < -0.39 is 6.36 Å². The van der Waals surface area contributed by atoms with E-state index in [1.807, 2.05) is 0 Å². The summed E-state index contributed by atoms with van der Waals surface area (Å²) in [6.07, 6.45) is -2.79. The molecule has 156 valence electrons. The number of alkyl halides is 3. The van der Waals surface area contributed by atoms with Crippen LogP contribution in [0.1, 0.15) is 35.7 Å². The lowest BCUT2D eigenvalue weighted by atomic mass is 10.1. The molecule has 0 saturated heterocycles. The summed E-state index contributed by atoms with van der Waals surface area (Å²) in [7, 11) is 0. The number of unbranched alkanes of at least 4 members (excludes halogenated alkanes) is 1. The lowest BCUT2D eigenvalue weighted by molar-refractivity contribution is -0.274. The number of rotatable bonds is 8. The molecule has 0 unspecified atom stereocenters. The lowest BCUT2D eigenvalue weighted by Gasteiger charge is -2.10. The zero-order valence-electron chi connectivity index (χ0n) is 15.9. The minimum Gasteiger partial charge on any atom is -0.406 e. The minimum absolute atomic E-state index is 0.107. The number of nitrogens with one attached hydrogen (secondary N) is 2. The molecular weight excluding hydrogens is 385 g/mol. The predicted molar refractivity (Wildman–Crippen MR) is 106 cm³/mol. The van der Waals surface area contributed by atoms with Gasteiger partial charge in [-0.1, -0.05) is 25.5 Å². The number of ether oxygens (including phenoxy) is 1. The third-order valence-electron chi connectivity index (χ3n) is 3.82. The molecule has 0 aliphatic heterocycles. The van der Waals surface area contributed by atoms with Crippen LogP contribution in [0, 0.1) is 0 Å². The fourth-order valence-corrected chi connectivity index (χ4v) is 2.35. The van der Waals surface area contributed by atoms with E-state index in [0.29, 0.717) is 17.8 Å². The molecule has 0 spiro atoms. The number of nitrogens with zero attached hydrogens (tertiary/aromatic N) is 1. The Balaban J connectivity index is 1.87. The van der Waals surface area contributed by atoms with E-state index in [9.17, 15) is 18.0 Å². The molecule has 2 rings (SSSR count). The van der Waals surface area contributed by atoms with Gasteiger partial charge in [0.05, 0.1) is 6.54 Å². The summed E-state index contributed by atoms with van der Waals surface area (Å²) in [5.74, 6) is -0.333. The van der Waals surface area contributed by atoms with Crippen LogP contribution in [0.3, 0.4) is 0 Å². The molecule has 0 fully saturated rings. The van der Waals surface area contributed by atoms with Crippen molar-refractivity contribution in [3.8, 4) is 5.75 Å². The monoisotopic (exact) mass is 408 g/mol. The Morgan fingerprint density at radius 2 is 1.76 bits per heavy atom. The Kier molecular flexibility index (Phi) is 7.88. The third-order valence-corrected chi connectivity index (χ3v) is 3.82. The number of hydrogen-bond acceptors (Lipinski definition) is 3. The highest BCUT2D eigenvalue weighted by Gasteiger charge is 2.30. The van der Waals surface area contributed by atoms with Crippen LogP contribution in [0.15, 0.2) is 53.5 Å². The van der Waals surface area contributed by atoms with Crippen LogP contribution in [-0.2, 0) is 6.54 Å². The molecule has 0 aliphatic carbocycles. The largest absolute Gasteiger partial charge is 0.573 e. The number of anilines is 1. The third kappa shape index (κ3) is 8.12. The first kappa shape index (κ1) is 22.1. The van der Waals surface area contributed by atoms with Crippen molar-refractivity contribution in [2.45, 2.75) is 32.7 Å². The van der Waals surface area contributed by atoms with Crippen molar-refractivity contribution in [3.05, 3.63) is 59.7 Å². The molecule has 0 bridgehead atoms. The summed E-state index contributed by atoms with van der Waals surface area (Å²) in [4.78, 5) is 16.1. The quantitative estimate of drug-likeness (QED) is 0.349. The Labute approximate surface area is 167 Å². The first-order valence-corrected chi connectivity index (χ1v) is 9.06. The summed E-state index contributed by atoms with van der Waals surface area (Å²) in [5.41, 5.74) is 7.70. The van der Waals surface area contributed by atoms with E-state index in [1.165, 1.54) is 24.3 Å². The number of aliphatic imine (C=N–C) groups is 1. The summed E-state index contributed by atoms with van der Waals surface area (Å²) >= 11 is 0. The Morgan fingerprint density at radius 3 is 2.34 bits per heavy atom. The first-order chi connectivity index (χ1) is 13.8. The van der Waals surface area contributed by atoms with Gasteiger partial charge >= 0.3 is 6.36 Å². The number of carbonyl (C=O) groups is 1. The van der Waals surface area contributed by atoms with Crippen molar-refractivity contribution in [2.75, 3.05) is 11.9 Å². The van der Waals surface area contributed by atoms with Crippen molar-refractivity contribution in [3.63, 3.8) is 0 Å². The molecule has 9 heteroatoms. The summed E-state index contributed by atoms with van der Waals surface area (Å²) in [6, 6.07) is 12.2. The lowest BCUT2D eigenvalue weighted by Crippen LogP contribution is -2.24. The van der Waals surface area contributed by atoms with Gasteiger partial charge in [0, 0.05) is 17.8 Å². The number of carbonyl (C=O) groups excluding carboxylic acids is 1. The van der Waals surface area contributed by atoms with Crippen LogP contribution in [0.4, 0.5) is 18.9 Å². The molecule has 0 saturated carbocycles. The number of hydrogen-bond donors (Lipinski definition) is 3. The van der Waals surface area contributed by atoms with Crippen molar-refractivity contribution < 1.29 is 22.7 Å². The molecule has 2 aromatic carbocycles. The fraction of sp³-hybridized carbons (Fsp3) is 0.300. The van der Waals surface area contributed by atoms with Crippen LogP contribution in [-0.4, -0.2) is 24.8 Å².